The average Bonchev–Trinajstić information content (AvgIpc) is 3.19. The van der Waals surface area contributed by atoms with Gasteiger partial charge >= 0.3 is 0 Å². The van der Waals surface area contributed by atoms with E-state index in [0.29, 0.717) is 5.41 Å². The van der Waals surface area contributed by atoms with Gasteiger partial charge in [-0.25, -0.2) is 0 Å². The second kappa shape index (κ2) is 11.2. The summed E-state index contributed by atoms with van der Waals surface area (Å²) in [5.74, 6) is 0. The summed E-state index contributed by atoms with van der Waals surface area (Å²) >= 11 is 0. The highest BCUT2D eigenvalue weighted by Gasteiger charge is 2.23. The minimum absolute atomic E-state index is 0.284. The van der Waals surface area contributed by atoms with Gasteiger partial charge in [-0.05, 0) is 57.4 Å². The third-order valence-electron chi connectivity index (χ3n) is 6.20. The molecule has 0 spiro atoms. The Bertz CT molecular complexity index is 1040. The largest absolute Gasteiger partial charge is 0.0758 e. The van der Waals surface area contributed by atoms with Crippen molar-refractivity contribution in [1.29, 1.82) is 0 Å². The Morgan fingerprint density at radius 3 is 1.44 bits per heavy atom. The van der Waals surface area contributed by atoms with E-state index in [1.807, 2.05) is 0 Å². The van der Waals surface area contributed by atoms with Crippen LogP contribution in [0.3, 0.4) is 0 Å². The van der Waals surface area contributed by atoms with Gasteiger partial charge in [0.25, 0.3) is 0 Å². The maximum absolute atomic E-state index is 2.37. The van der Waals surface area contributed by atoms with Crippen molar-refractivity contribution in [2.45, 2.75) is 86.5 Å². The van der Waals surface area contributed by atoms with Gasteiger partial charge in [0.05, 0.1) is 0 Å². The fourth-order valence-corrected chi connectivity index (χ4v) is 3.98. The summed E-state index contributed by atoms with van der Waals surface area (Å²) in [5.41, 5.74) is 9.43. The lowest BCUT2D eigenvalue weighted by molar-refractivity contribution is 0.567. The van der Waals surface area contributed by atoms with Crippen molar-refractivity contribution in [2.75, 3.05) is 0 Å². The van der Waals surface area contributed by atoms with Crippen LogP contribution in [0, 0.1) is 12.3 Å². The lowest BCUT2D eigenvalue weighted by Crippen LogP contribution is -2.10. The molecule has 3 aromatic rings. The lowest BCUT2D eigenvalue weighted by atomic mass is 9.83. The highest BCUT2D eigenvalue weighted by Crippen LogP contribution is 2.39. The van der Waals surface area contributed by atoms with Crippen LogP contribution in [0.25, 0.3) is 5.57 Å². The van der Waals surface area contributed by atoms with Gasteiger partial charge in [-0.15, -0.1) is 0 Å². The third kappa shape index (κ3) is 8.32. The van der Waals surface area contributed by atoms with E-state index in [9.17, 15) is 0 Å². The summed E-state index contributed by atoms with van der Waals surface area (Å²) in [6, 6.07) is 28.0. The zero-order chi connectivity index (χ0) is 25.6. The van der Waals surface area contributed by atoms with Crippen molar-refractivity contribution >= 4 is 5.57 Å². The Labute approximate surface area is 210 Å². The van der Waals surface area contributed by atoms with E-state index in [1.54, 1.807) is 0 Å². The Morgan fingerprint density at radius 2 is 0.971 bits per heavy atom. The first-order valence-electron chi connectivity index (χ1n) is 12.6. The van der Waals surface area contributed by atoms with Crippen molar-refractivity contribution in [1.82, 2.24) is 0 Å². The average molecular weight is 455 g/mol. The predicted octanol–water partition coefficient (Wildman–Crippen LogP) is 9.95. The summed E-state index contributed by atoms with van der Waals surface area (Å²) in [6.07, 6.45) is 3.48. The molecule has 0 heterocycles. The smallest absolute Gasteiger partial charge is 0.00852 e. The number of benzene rings is 3. The second-order valence-corrected chi connectivity index (χ2v) is 12.5. The second-order valence-electron chi connectivity index (χ2n) is 12.5. The van der Waals surface area contributed by atoms with Gasteiger partial charge in [-0.2, -0.15) is 0 Å². The molecule has 34 heavy (non-hydrogen) atoms. The predicted molar refractivity (Wildman–Crippen MR) is 153 cm³/mol. The van der Waals surface area contributed by atoms with Crippen LogP contribution in [-0.4, -0.2) is 0 Å². The van der Waals surface area contributed by atoms with Crippen molar-refractivity contribution in [3.63, 3.8) is 0 Å². The van der Waals surface area contributed by atoms with Crippen LogP contribution in [0.5, 0.6) is 0 Å². The van der Waals surface area contributed by atoms with Gasteiger partial charge in [0.1, 0.15) is 0 Å². The Balaban J connectivity index is 0.000000182. The first-order valence-corrected chi connectivity index (χ1v) is 12.6. The van der Waals surface area contributed by atoms with Gasteiger partial charge in [0.15, 0.2) is 0 Å². The van der Waals surface area contributed by atoms with Crippen LogP contribution in [0.1, 0.15) is 90.1 Å². The number of aryl methyl sites for hydroxylation is 1. The Kier molecular flexibility index (Phi) is 9.12. The quantitative estimate of drug-likeness (QED) is 0.317. The van der Waals surface area contributed by atoms with Gasteiger partial charge in [-0.3, -0.25) is 0 Å². The molecule has 0 radical (unpaired) electrons. The van der Waals surface area contributed by atoms with Crippen LogP contribution in [-0.2, 0) is 17.3 Å². The molecular formula is C34H46. The molecule has 0 atom stereocenters. The zero-order valence-corrected chi connectivity index (χ0v) is 23.3. The molecule has 0 heteroatoms. The van der Waals surface area contributed by atoms with Crippen LogP contribution >= 0.6 is 0 Å². The normalized spacial score (nSPS) is 13.1. The van der Waals surface area contributed by atoms with Gasteiger partial charge in [0.2, 0.25) is 0 Å². The van der Waals surface area contributed by atoms with Crippen LogP contribution in [0.2, 0.25) is 0 Å². The van der Waals surface area contributed by atoms with E-state index < -0.39 is 0 Å². The summed E-state index contributed by atoms with van der Waals surface area (Å²) < 4.78 is 0. The van der Waals surface area contributed by atoms with Gasteiger partial charge < -0.3 is 0 Å². The first kappa shape index (κ1) is 27.6. The van der Waals surface area contributed by atoms with Crippen LogP contribution < -0.4 is 0 Å². The van der Waals surface area contributed by atoms with Crippen molar-refractivity contribution in [3.8, 4) is 0 Å². The van der Waals surface area contributed by atoms with E-state index >= 15 is 0 Å². The highest BCUT2D eigenvalue weighted by atomic mass is 14.3. The fraction of sp³-hybridized carbons (Fsp3) is 0.412. The molecule has 0 N–H and O–H groups in total. The summed E-state index contributed by atoms with van der Waals surface area (Å²) in [5, 5.41) is 0. The number of hydrogen-bond acceptors (Lipinski definition) is 0. The fourth-order valence-electron chi connectivity index (χ4n) is 3.98. The van der Waals surface area contributed by atoms with Crippen LogP contribution in [0.15, 0.2) is 84.9 Å². The molecule has 0 saturated carbocycles. The number of allylic oxidation sites excluding steroid dienone is 2. The molecule has 4 rings (SSSR count). The van der Waals surface area contributed by atoms with Crippen LogP contribution in [0.4, 0.5) is 0 Å². The van der Waals surface area contributed by atoms with Crippen molar-refractivity contribution in [2.24, 2.45) is 5.41 Å². The monoisotopic (exact) mass is 454 g/mol. The number of fused-ring (bicyclic) bond motifs is 1. The summed E-state index contributed by atoms with van der Waals surface area (Å²) in [6.45, 7) is 22.3. The minimum atomic E-state index is 0.284. The highest BCUT2D eigenvalue weighted by molar-refractivity contribution is 5.76. The minimum Gasteiger partial charge on any atom is -0.0758 e. The van der Waals surface area contributed by atoms with Crippen molar-refractivity contribution in [3.05, 3.63) is 113 Å². The molecule has 0 saturated heterocycles. The Hall–Kier alpha value is -2.60. The molecule has 3 aromatic carbocycles. The molecule has 0 aliphatic heterocycles. The molecule has 1 aliphatic rings. The topological polar surface area (TPSA) is 0 Å². The molecule has 0 nitrogen and oxygen atoms in total. The standard InChI is InChI=1S/C13H16.C11H16.C10H14/c1-13(2,3)12-9-8-10-6-4-5-7-11(10)12;1-9-5-7-10(8-6-9)11(2,3)4;1-10(2,3)9-7-5-4-6-8-9/h4-7,9H,8H2,1-3H3;5-8H,1-4H3;4-8H,1-3H3. The van der Waals surface area contributed by atoms with Gasteiger partial charge in [0, 0.05) is 0 Å². The Morgan fingerprint density at radius 1 is 0.500 bits per heavy atom. The molecule has 0 bridgehead atoms. The summed E-state index contributed by atoms with van der Waals surface area (Å²) in [7, 11) is 0. The molecule has 0 fully saturated rings. The molecule has 0 unspecified atom stereocenters. The molecule has 0 aromatic heterocycles. The molecule has 182 valence electrons. The molecular weight excluding hydrogens is 408 g/mol. The van der Waals surface area contributed by atoms with Gasteiger partial charge in [-0.1, -0.05) is 153 Å². The van der Waals surface area contributed by atoms with E-state index in [2.05, 4.69) is 154 Å². The number of hydrogen-bond donors (Lipinski definition) is 0. The zero-order valence-electron chi connectivity index (χ0n) is 23.3. The van der Waals surface area contributed by atoms with E-state index in [-0.39, 0.29) is 10.8 Å². The van der Waals surface area contributed by atoms with Crippen molar-refractivity contribution < 1.29 is 0 Å². The SMILES string of the molecule is CC(C)(C)C1=CCc2ccccc21.CC(C)(C)c1ccccc1.Cc1ccc(C(C)(C)C)cc1. The lowest BCUT2D eigenvalue weighted by Gasteiger charge is -2.21. The third-order valence-corrected chi connectivity index (χ3v) is 6.20. The maximum atomic E-state index is 2.37. The maximum Gasteiger partial charge on any atom is -0.00852 e. The molecule has 0 amide bonds. The summed E-state index contributed by atoms with van der Waals surface area (Å²) in [4.78, 5) is 0. The first-order chi connectivity index (χ1) is 15.7. The molecule has 1 aliphatic carbocycles. The number of rotatable bonds is 0. The van der Waals surface area contributed by atoms with E-state index in [0.717, 1.165) is 6.42 Å². The van der Waals surface area contributed by atoms with E-state index in [4.69, 9.17) is 0 Å². The van der Waals surface area contributed by atoms with E-state index in [1.165, 1.54) is 33.4 Å².